The van der Waals surface area contributed by atoms with E-state index in [2.05, 4.69) is 4.98 Å². The average Bonchev–Trinajstić information content (AvgIpc) is 2.50. The highest BCUT2D eigenvalue weighted by Crippen LogP contribution is 2.32. The minimum Gasteiger partial charge on any atom is -0.508 e. The fourth-order valence-electron chi connectivity index (χ4n) is 2.61. The molecule has 3 aromatic rings. The van der Waals surface area contributed by atoms with Crippen molar-refractivity contribution in [2.24, 2.45) is 0 Å². The molecule has 112 valence electrons. The number of benzene rings is 2. The van der Waals surface area contributed by atoms with Gasteiger partial charge in [-0.2, -0.15) is 0 Å². The Morgan fingerprint density at radius 3 is 2.50 bits per heavy atom. The molecule has 0 saturated heterocycles. The topological polar surface area (TPSA) is 33.1 Å². The Labute approximate surface area is 127 Å². The Morgan fingerprint density at radius 2 is 1.77 bits per heavy atom. The third kappa shape index (κ3) is 2.52. The van der Waals surface area contributed by atoms with Crippen LogP contribution < -0.4 is 0 Å². The number of fused-ring (bicyclic) bond motifs is 1. The zero-order chi connectivity index (χ0) is 15.7. The number of aromatic hydroxyl groups is 1. The highest BCUT2D eigenvalue weighted by molar-refractivity contribution is 5.87. The lowest BCUT2D eigenvalue weighted by Crippen LogP contribution is -1.93. The summed E-state index contributed by atoms with van der Waals surface area (Å²) < 4.78 is 28.3. The third-order valence-electron chi connectivity index (χ3n) is 3.71. The second kappa shape index (κ2) is 5.72. The van der Waals surface area contributed by atoms with Crippen molar-refractivity contribution < 1.29 is 13.9 Å². The molecule has 1 heterocycles. The Kier molecular flexibility index (Phi) is 3.75. The van der Waals surface area contributed by atoms with Crippen LogP contribution >= 0.6 is 0 Å². The summed E-state index contributed by atoms with van der Waals surface area (Å²) >= 11 is 0. The minimum absolute atomic E-state index is 0.0907. The predicted molar refractivity (Wildman–Crippen MR) is 82.8 cm³/mol. The molecule has 2 nitrogen and oxygen atoms in total. The lowest BCUT2D eigenvalue weighted by Gasteiger charge is -2.10. The smallest absolute Gasteiger partial charge is 0.133 e. The van der Waals surface area contributed by atoms with Crippen LogP contribution in [0.5, 0.6) is 5.75 Å². The number of pyridine rings is 1. The first-order valence-corrected chi connectivity index (χ1v) is 7.15. The van der Waals surface area contributed by atoms with Crippen molar-refractivity contribution >= 4 is 10.8 Å². The third-order valence-corrected chi connectivity index (χ3v) is 3.71. The highest BCUT2D eigenvalue weighted by atomic mass is 19.1. The number of nitrogens with zero attached hydrogens (tertiary/aromatic N) is 1. The number of phenols is 1. The van der Waals surface area contributed by atoms with E-state index < -0.39 is 11.6 Å². The first kappa shape index (κ1) is 14.4. The van der Waals surface area contributed by atoms with Crippen LogP contribution in [-0.4, -0.2) is 10.1 Å². The summed E-state index contributed by atoms with van der Waals surface area (Å²) in [5.41, 5.74) is 1.28. The van der Waals surface area contributed by atoms with Gasteiger partial charge in [-0.15, -0.1) is 0 Å². The van der Waals surface area contributed by atoms with E-state index in [1.807, 2.05) is 6.92 Å². The molecule has 0 spiro atoms. The molecule has 0 aliphatic heterocycles. The number of hydrogen-bond donors (Lipinski definition) is 1. The standard InChI is InChI=1S/C18H15F2NO/c1-2-3-14-16(19)8-13(9-18(14)22)12-6-11-4-5-21-10-15(11)17(20)7-12/h4-10,22H,2-3H2,1H3. The number of rotatable bonds is 3. The first-order chi connectivity index (χ1) is 10.6. The van der Waals surface area contributed by atoms with Crippen LogP contribution in [0.3, 0.4) is 0 Å². The van der Waals surface area contributed by atoms with E-state index in [1.54, 1.807) is 18.3 Å². The zero-order valence-corrected chi connectivity index (χ0v) is 12.1. The van der Waals surface area contributed by atoms with Gasteiger partial charge < -0.3 is 5.11 Å². The molecule has 0 bridgehead atoms. The molecular weight excluding hydrogens is 284 g/mol. The predicted octanol–water partition coefficient (Wildman–Crippen LogP) is 4.84. The van der Waals surface area contributed by atoms with Gasteiger partial charge in [0.15, 0.2) is 0 Å². The van der Waals surface area contributed by atoms with Crippen LogP contribution in [0.25, 0.3) is 21.9 Å². The van der Waals surface area contributed by atoms with Gasteiger partial charge in [0.2, 0.25) is 0 Å². The van der Waals surface area contributed by atoms with Crippen molar-refractivity contribution in [1.82, 2.24) is 4.98 Å². The number of halogens is 2. The molecule has 0 amide bonds. The molecule has 3 rings (SSSR count). The lowest BCUT2D eigenvalue weighted by molar-refractivity contribution is 0.458. The Bertz CT molecular complexity index is 823. The van der Waals surface area contributed by atoms with Crippen molar-refractivity contribution in [1.29, 1.82) is 0 Å². The molecular formula is C18H15F2NO. The molecule has 0 radical (unpaired) electrons. The van der Waals surface area contributed by atoms with Gasteiger partial charge in [0.25, 0.3) is 0 Å². The molecule has 0 unspecified atom stereocenters. The summed E-state index contributed by atoms with van der Waals surface area (Å²) in [6, 6.07) is 7.61. The SMILES string of the molecule is CCCc1c(O)cc(-c2cc(F)c3cnccc3c2)cc1F. The van der Waals surface area contributed by atoms with E-state index in [0.29, 0.717) is 33.9 Å². The Morgan fingerprint density at radius 1 is 1.05 bits per heavy atom. The monoisotopic (exact) mass is 299 g/mol. The summed E-state index contributed by atoms with van der Waals surface area (Å²) in [6.07, 6.45) is 4.24. The Balaban J connectivity index is 2.15. The molecule has 0 aliphatic rings. The molecule has 4 heteroatoms. The van der Waals surface area contributed by atoms with Gasteiger partial charge in [0.1, 0.15) is 17.4 Å². The first-order valence-electron chi connectivity index (χ1n) is 7.15. The fraction of sp³-hybridized carbons (Fsp3) is 0.167. The minimum atomic E-state index is -0.466. The number of aromatic nitrogens is 1. The Hall–Kier alpha value is -2.49. The van der Waals surface area contributed by atoms with Gasteiger partial charge in [0, 0.05) is 23.3 Å². The molecule has 1 N–H and O–H groups in total. The highest BCUT2D eigenvalue weighted by Gasteiger charge is 2.12. The van der Waals surface area contributed by atoms with Crippen molar-refractivity contribution in [2.45, 2.75) is 19.8 Å². The zero-order valence-electron chi connectivity index (χ0n) is 12.1. The summed E-state index contributed by atoms with van der Waals surface area (Å²) in [6.45, 7) is 1.92. The van der Waals surface area contributed by atoms with Crippen LogP contribution in [0.4, 0.5) is 8.78 Å². The molecule has 2 aromatic carbocycles. The van der Waals surface area contributed by atoms with Gasteiger partial charge in [-0.3, -0.25) is 4.98 Å². The summed E-state index contributed by atoms with van der Waals surface area (Å²) in [4.78, 5) is 3.90. The normalized spacial score (nSPS) is 11.0. The van der Waals surface area contributed by atoms with E-state index in [0.717, 1.165) is 6.42 Å². The van der Waals surface area contributed by atoms with E-state index in [9.17, 15) is 13.9 Å². The van der Waals surface area contributed by atoms with Crippen molar-refractivity contribution in [3.8, 4) is 16.9 Å². The number of phenolic OH excluding ortho intramolecular Hbond substituents is 1. The van der Waals surface area contributed by atoms with Crippen LogP contribution in [0.1, 0.15) is 18.9 Å². The van der Waals surface area contributed by atoms with Crippen LogP contribution in [-0.2, 0) is 6.42 Å². The second-order valence-electron chi connectivity index (χ2n) is 5.26. The van der Waals surface area contributed by atoms with Gasteiger partial charge in [-0.05, 0) is 53.3 Å². The quantitative estimate of drug-likeness (QED) is 0.751. The van der Waals surface area contributed by atoms with Crippen molar-refractivity contribution in [3.63, 3.8) is 0 Å². The van der Waals surface area contributed by atoms with Crippen molar-refractivity contribution in [2.75, 3.05) is 0 Å². The molecule has 0 saturated carbocycles. The lowest BCUT2D eigenvalue weighted by atomic mass is 9.98. The average molecular weight is 299 g/mol. The van der Waals surface area contributed by atoms with Crippen LogP contribution in [0, 0.1) is 11.6 Å². The summed E-state index contributed by atoms with van der Waals surface area (Å²) in [7, 11) is 0. The largest absolute Gasteiger partial charge is 0.508 e. The van der Waals surface area contributed by atoms with E-state index in [1.165, 1.54) is 24.4 Å². The van der Waals surface area contributed by atoms with E-state index in [4.69, 9.17) is 0 Å². The maximum atomic E-state index is 14.1. The van der Waals surface area contributed by atoms with E-state index >= 15 is 0 Å². The fourth-order valence-corrected chi connectivity index (χ4v) is 2.61. The molecule has 0 aliphatic carbocycles. The van der Waals surface area contributed by atoms with Gasteiger partial charge in [-0.1, -0.05) is 13.3 Å². The van der Waals surface area contributed by atoms with Crippen LogP contribution in [0.15, 0.2) is 42.7 Å². The maximum Gasteiger partial charge on any atom is 0.133 e. The molecule has 1 aromatic heterocycles. The summed E-state index contributed by atoms with van der Waals surface area (Å²) in [5.74, 6) is -0.975. The second-order valence-corrected chi connectivity index (χ2v) is 5.26. The van der Waals surface area contributed by atoms with Crippen molar-refractivity contribution in [3.05, 3.63) is 59.9 Å². The van der Waals surface area contributed by atoms with Gasteiger partial charge >= 0.3 is 0 Å². The van der Waals surface area contributed by atoms with Crippen LogP contribution in [0.2, 0.25) is 0 Å². The van der Waals surface area contributed by atoms with Gasteiger partial charge in [-0.25, -0.2) is 8.78 Å². The number of hydrogen-bond acceptors (Lipinski definition) is 2. The maximum absolute atomic E-state index is 14.1. The molecule has 0 atom stereocenters. The summed E-state index contributed by atoms with van der Waals surface area (Å²) in [5, 5.41) is 11.1. The van der Waals surface area contributed by atoms with E-state index in [-0.39, 0.29) is 5.75 Å². The molecule has 0 fully saturated rings. The molecule has 22 heavy (non-hydrogen) atoms. The van der Waals surface area contributed by atoms with Gasteiger partial charge in [0.05, 0.1) is 0 Å².